The molecule has 1 amide bonds. The van der Waals surface area contributed by atoms with Crippen molar-refractivity contribution in [1.29, 1.82) is 0 Å². The van der Waals surface area contributed by atoms with Crippen molar-refractivity contribution < 1.29 is 9.53 Å². The number of pyridine rings is 1. The summed E-state index contributed by atoms with van der Waals surface area (Å²) in [6.45, 7) is 1.06. The van der Waals surface area contributed by atoms with Crippen LogP contribution in [0, 0.1) is 0 Å². The summed E-state index contributed by atoms with van der Waals surface area (Å²) in [6, 6.07) is 10.1. The van der Waals surface area contributed by atoms with Crippen molar-refractivity contribution in [2.24, 2.45) is 5.73 Å². The molecule has 0 saturated carbocycles. The van der Waals surface area contributed by atoms with Gasteiger partial charge in [-0.1, -0.05) is 24.3 Å². The van der Waals surface area contributed by atoms with Crippen molar-refractivity contribution in [3.63, 3.8) is 0 Å². The summed E-state index contributed by atoms with van der Waals surface area (Å²) in [5.74, 6) is -0.0378. The number of carbonyl (C=O) groups excluding carboxylic acids is 1. The minimum absolute atomic E-state index is 0.0259. The largest absolute Gasteiger partial charge is 0.364 e. The second-order valence-electron chi connectivity index (χ2n) is 5.59. The van der Waals surface area contributed by atoms with Gasteiger partial charge in [0.15, 0.2) is 0 Å². The fourth-order valence-electron chi connectivity index (χ4n) is 2.88. The summed E-state index contributed by atoms with van der Waals surface area (Å²) in [5.41, 5.74) is 7.71. The Balaban J connectivity index is 1.55. The Morgan fingerprint density at radius 1 is 1.32 bits per heavy atom. The molecule has 0 radical (unpaired) electrons. The SMILES string of the molecule is NC[C@H]1CC[C@@H](C(=O)NCCc2cccc3cccnc23)O1. The molecule has 116 valence electrons. The lowest BCUT2D eigenvalue weighted by Crippen LogP contribution is -2.36. The molecule has 2 aromatic rings. The monoisotopic (exact) mass is 299 g/mol. The van der Waals surface area contributed by atoms with Gasteiger partial charge in [-0.15, -0.1) is 0 Å². The van der Waals surface area contributed by atoms with Gasteiger partial charge in [-0.3, -0.25) is 9.78 Å². The molecule has 0 spiro atoms. The van der Waals surface area contributed by atoms with Gasteiger partial charge in [0.25, 0.3) is 0 Å². The van der Waals surface area contributed by atoms with Gasteiger partial charge in [0.05, 0.1) is 11.6 Å². The van der Waals surface area contributed by atoms with Gasteiger partial charge >= 0.3 is 0 Å². The van der Waals surface area contributed by atoms with E-state index in [0.717, 1.165) is 35.7 Å². The van der Waals surface area contributed by atoms with Gasteiger partial charge in [0.2, 0.25) is 5.91 Å². The van der Waals surface area contributed by atoms with Gasteiger partial charge in [0, 0.05) is 24.7 Å². The highest BCUT2D eigenvalue weighted by molar-refractivity contribution is 5.82. The number of ether oxygens (including phenoxy) is 1. The van der Waals surface area contributed by atoms with Crippen LogP contribution in [0.5, 0.6) is 0 Å². The third kappa shape index (κ3) is 3.26. The number of nitrogens with one attached hydrogen (secondary N) is 1. The molecule has 0 unspecified atom stereocenters. The number of fused-ring (bicyclic) bond motifs is 1. The average molecular weight is 299 g/mol. The van der Waals surface area contributed by atoms with E-state index >= 15 is 0 Å². The average Bonchev–Trinajstić information content (AvgIpc) is 3.04. The van der Waals surface area contributed by atoms with Crippen LogP contribution in [0.25, 0.3) is 10.9 Å². The Kier molecular flexibility index (Phi) is 4.65. The first kappa shape index (κ1) is 14.9. The van der Waals surface area contributed by atoms with Crippen molar-refractivity contribution >= 4 is 16.8 Å². The van der Waals surface area contributed by atoms with Crippen molar-refractivity contribution in [1.82, 2.24) is 10.3 Å². The lowest BCUT2D eigenvalue weighted by Gasteiger charge is -2.13. The predicted octanol–water partition coefficient (Wildman–Crippen LogP) is 1.40. The summed E-state index contributed by atoms with van der Waals surface area (Å²) in [7, 11) is 0. The van der Waals surface area contributed by atoms with E-state index in [2.05, 4.69) is 16.4 Å². The molecule has 0 aliphatic carbocycles. The number of nitrogens with two attached hydrogens (primary N) is 1. The van der Waals surface area contributed by atoms with Crippen LogP contribution >= 0.6 is 0 Å². The molecular weight excluding hydrogens is 278 g/mol. The van der Waals surface area contributed by atoms with E-state index in [9.17, 15) is 4.79 Å². The first-order chi connectivity index (χ1) is 10.8. The fraction of sp³-hybridized carbons (Fsp3) is 0.412. The van der Waals surface area contributed by atoms with Crippen LogP contribution in [-0.2, 0) is 16.0 Å². The Bertz CT molecular complexity index is 654. The van der Waals surface area contributed by atoms with Crippen LogP contribution in [0.1, 0.15) is 18.4 Å². The molecule has 2 atom stereocenters. The number of carbonyl (C=O) groups is 1. The van der Waals surface area contributed by atoms with E-state index in [1.165, 1.54) is 0 Å². The molecule has 1 aromatic carbocycles. The molecular formula is C17H21N3O2. The Hall–Kier alpha value is -1.98. The van der Waals surface area contributed by atoms with Gasteiger partial charge in [-0.05, 0) is 30.9 Å². The Morgan fingerprint density at radius 2 is 2.18 bits per heavy atom. The first-order valence-electron chi connectivity index (χ1n) is 7.74. The van der Waals surface area contributed by atoms with Crippen molar-refractivity contribution in [2.45, 2.75) is 31.5 Å². The number of benzene rings is 1. The van der Waals surface area contributed by atoms with E-state index in [1.54, 1.807) is 6.20 Å². The quantitative estimate of drug-likeness (QED) is 0.875. The van der Waals surface area contributed by atoms with E-state index in [4.69, 9.17) is 10.5 Å². The molecule has 1 fully saturated rings. The van der Waals surface area contributed by atoms with Crippen molar-refractivity contribution in [3.05, 3.63) is 42.1 Å². The highest BCUT2D eigenvalue weighted by Gasteiger charge is 2.29. The van der Waals surface area contributed by atoms with Gasteiger partial charge in [-0.2, -0.15) is 0 Å². The molecule has 1 aliphatic rings. The maximum Gasteiger partial charge on any atom is 0.249 e. The minimum Gasteiger partial charge on any atom is -0.364 e. The van der Waals surface area contributed by atoms with Crippen LogP contribution in [0.2, 0.25) is 0 Å². The summed E-state index contributed by atoms with van der Waals surface area (Å²) in [4.78, 5) is 16.5. The molecule has 2 heterocycles. The lowest BCUT2D eigenvalue weighted by molar-refractivity contribution is -0.131. The van der Waals surface area contributed by atoms with E-state index < -0.39 is 0 Å². The molecule has 1 aliphatic heterocycles. The Labute approximate surface area is 129 Å². The van der Waals surface area contributed by atoms with Crippen molar-refractivity contribution in [2.75, 3.05) is 13.1 Å². The number of amides is 1. The Morgan fingerprint density at radius 3 is 3.00 bits per heavy atom. The summed E-state index contributed by atoms with van der Waals surface area (Å²) < 4.78 is 5.60. The molecule has 5 heteroatoms. The van der Waals surface area contributed by atoms with Crippen molar-refractivity contribution in [3.8, 4) is 0 Å². The molecule has 3 rings (SSSR count). The standard InChI is InChI=1S/C17H21N3O2/c18-11-14-6-7-15(22-14)17(21)20-10-8-13-4-1-3-12-5-2-9-19-16(12)13/h1-5,9,14-15H,6-8,10-11,18H2,(H,20,21)/t14-,15+/m1/s1. The van der Waals surface area contributed by atoms with Gasteiger partial charge < -0.3 is 15.8 Å². The van der Waals surface area contributed by atoms with Crippen LogP contribution in [0.15, 0.2) is 36.5 Å². The van der Waals surface area contributed by atoms with Gasteiger partial charge in [-0.25, -0.2) is 0 Å². The van der Waals surface area contributed by atoms with Gasteiger partial charge in [0.1, 0.15) is 6.10 Å². The summed E-state index contributed by atoms with van der Waals surface area (Å²) in [6.07, 6.45) is 3.85. The zero-order valence-corrected chi connectivity index (χ0v) is 12.5. The zero-order valence-electron chi connectivity index (χ0n) is 12.5. The molecule has 1 aromatic heterocycles. The highest BCUT2D eigenvalue weighted by Crippen LogP contribution is 2.19. The highest BCUT2D eigenvalue weighted by atomic mass is 16.5. The maximum absolute atomic E-state index is 12.1. The first-order valence-corrected chi connectivity index (χ1v) is 7.74. The maximum atomic E-state index is 12.1. The van der Waals surface area contributed by atoms with E-state index in [0.29, 0.717) is 13.1 Å². The lowest BCUT2D eigenvalue weighted by atomic mass is 10.1. The molecule has 3 N–H and O–H groups in total. The molecule has 22 heavy (non-hydrogen) atoms. The fourth-order valence-corrected chi connectivity index (χ4v) is 2.88. The second kappa shape index (κ2) is 6.85. The number of para-hydroxylation sites is 1. The third-order valence-electron chi connectivity index (χ3n) is 4.07. The van der Waals surface area contributed by atoms with Crippen LogP contribution < -0.4 is 11.1 Å². The predicted molar refractivity (Wildman–Crippen MR) is 85.4 cm³/mol. The second-order valence-corrected chi connectivity index (χ2v) is 5.59. The van der Waals surface area contributed by atoms with Crippen LogP contribution in [0.3, 0.4) is 0 Å². The van der Waals surface area contributed by atoms with E-state index in [-0.39, 0.29) is 18.1 Å². The van der Waals surface area contributed by atoms with E-state index in [1.807, 2.05) is 24.3 Å². The number of rotatable bonds is 5. The summed E-state index contributed by atoms with van der Waals surface area (Å²) in [5, 5.41) is 4.07. The minimum atomic E-state index is -0.348. The smallest absolute Gasteiger partial charge is 0.249 e. The zero-order chi connectivity index (χ0) is 15.4. The third-order valence-corrected chi connectivity index (χ3v) is 4.07. The molecule has 0 bridgehead atoms. The summed E-state index contributed by atoms with van der Waals surface area (Å²) >= 11 is 0. The molecule has 1 saturated heterocycles. The van der Waals surface area contributed by atoms with Crippen LogP contribution in [-0.4, -0.2) is 36.2 Å². The number of hydrogen-bond acceptors (Lipinski definition) is 4. The number of nitrogens with zero attached hydrogens (tertiary/aromatic N) is 1. The topological polar surface area (TPSA) is 77.2 Å². The normalized spacial score (nSPS) is 21.1. The van der Waals surface area contributed by atoms with Crippen LogP contribution in [0.4, 0.5) is 0 Å². The number of aromatic nitrogens is 1. The number of hydrogen-bond donors (Lipinski definition) is 2. The molecule has 5 nitrogen and oxygen atoms in total.